The summed E-state index contributed by atoms with van der Waals surface area (Å²) in [5, 5.41) is 17.6. The molecule has 1 aromatic heterocycles. The van der Waals surface area contributed by atoms with E-state index >= 15 is 0 Å². The monoisotopic (exact) mass is 230 g/mol. The first-order valence-electron chi connectivity index (χ1n) is 4.49. The van der Waals surface area contributed by atoms with Gasteiger partial charge in [0.2, 0.25) is 0 Å². The number of hydrogen-bond acceptors (Lipinski definition) is 3. The van der Waals surface area contributed by atoms with Crippen molar-refractivity contribution in [3.63, 3.8) is 0 Å². The van der Waals surface area contributed by atoms with E-state index in [1.165, 1.54) is 13.0 Å². The summed E-state index contributed by atoms with van der Waals surface area (Å²) in [6.07, 6.45) is -5.30. The lowest BCUT2D eigenvalue weighted by atomic mass is 10.1. The average Bonchev–Trinajstić information content (AvgIpc) is 2.14. The van der Waals surface area contributed by atoms with Gasteiger partial charge in [0.1, 0.15) is 17.5 Å². The third-order valence-corrected chi connectivity index (χ3v) is 1.82. The molecule has 0 aliphatic carbocycles. The van der Waals surface area contributed by atoms with E-state index in [2.05, 4.69) is 4.98 Å². The van der Waals surface area contributed by atoms with Crippen LogP contribution >= 0.6 is 0 Å². The van der Waals surface area contributed by atoms with E-state index in [0.717, 1.165) is 6.07 Å². The van der Waals surface area contributed by atoms with Crippen LogP contribution < -0.4 is 0 Å². The zero-order valence-corrected chi connectivity index (χ0v) is 8.41. The van der Waals surface area contributed by atoms with Gasteiger partial charge in [0, 0.05) is 0 Å². The lowest BCUT2D eigenvalue weighted by Crippen LogP contribution is -2.12. The topological polar surface area (TPSA) is 56.9 Å². The molecule has 0 saturated carbocycles. The summed E-state index contributed by atoms with van der Waals surface area (Å²) in [5.74, 6) is 0. The molecule has 0 saturated heterocycles. The highest BCUT2D eigenvalue weighted by molar-refractivity contribution is 5.30. The number of alkyl halides is 3. The van der Waals surface area contributed by atoms with Gasteiger partial charge in [-0.2, -0.15) is 18.4 Å². The lowest BCUT2D eigenvalue weighted by Gasteiger charge is -2.09. The Bertz CT molecular complexity index is 421. The number of aromatic nitrogens is 1. The molecule has 0 aliphatic rings. The number of hydrogen-bond donors (Lipinski definition) is 1. The quantitative estimate of drug-likeness (QED) is 0.844. The molecule has 0 fully saturated rings. The van der Waals surface area contributed by atoms with E-state index in [-0.39, 0.29) is 17.7 Å². The van der Waals surface area contributed by atoms with Crippen LogP contribution in [0.2, 0.25) is 0 Å². The molecule has 1 rings (SSSR count). The number of nitrogens with zero attached hydrogens (tertiary/aromatic N) is 2. The van der Waals surface area contributed by atoms with Crippen LogP contribution in [0.15, 0.2) is 12.1 Å². The highest BCUT2D eigenvalue weighted by Gasteiger charge is 2.33. The predicted octanol–water partition coefficient (Wildman–Crippen LogP) is 1.90. The van der Waals surface area contributed by atoms with Crippen LogP contribution in [-0.4, -0.2) is 16.2 Å². The average molecular weight is 230 g/mol. The molecule has 0 amide bonds. The second-order valence-corrected chi connectivity index (χ2v) is 3.41. The lowest BCUT2D eigenvalue weighted by molar-refractivity contribution is -0.141. The van der Waals surface area contributed by atoms with Gasteiger partial charge in [-0.05, 0) is 31.0 Å². The molecule has 16 heavy (non-hydrogen) atoms. The fourth-order valence-electron chi connectivity index (χ4n) is 1.25. The van der Waals surface area contributed by atoms with Gasteiger partial charge in [-0.1, -0.05) is 0 Å². The van der Waals surface area contributed by atoms with E-state index in [1.807, 2.05) is 0 Å². The number of halogens is 3. The molecule has 1 heterocycles. The standard InChI is InChI=1S/C10H9F3N2O/c1-6(16)2-7-3-8(5-14)15-9(4-7)10(11,12)13/h3-4,6,16H,2H2,1H3. The van der Waals surface area contributed by atoms with Gasteiger partial charge in [0.25, 0.3) is 0 Å². The minimum atomic E-state index is -4.58. The number of pyridine rings is 1. The number of rotatable bonds is 2. The summed E-state index contributed by atoms with van der Waals surface area (Å²) in [4.78, 5) is 3.16. The van der Waals surface area contributed by atoms with Crippen LogP contribution in [0.1, 0.15) is 23.9 Å². The Hall–Kier alpha value is -1.61. The largest absolute Gasteiger partial charge is 0.433 e. The van der Waals surface area contributed by atoms with E-state index in [9.17, 15) is 13.2 Å². The van der Waals surface area contributed by atoms with Crippen LogP contribution in [0.5, 0.6) is 0 Å². The predicted molar refractivity (Wildman–Crippen MR) is 49.3 cm³/mol. The summed E-state index contributed by atoms with van der Waals surface area (Å²) in [6.45, 7) is 1.46. The van der Waals surface area contributed by atoms with Crippen molar-refractivity contribution in [3.8, 4) is 6.07 Å². The maximum Gasteiger partial charge on any atom is 0.433 e. The van der Waals surface area contributed by atoms with E-state index in [1.54, 1.807) is 6.07 Å². The van der Waals surface area contributed by atoms with Crippen molar-refractivity contribution < 1.29 is 18.3 Å². The Balaban J connectivity index is 3.17. The molecule has 0 radical (unpaired) electrons. The van der Waals surface area contributed by atoms with Crippen molar-refractivity contribution in [1.29, 1.82) is 5.26 Å². The molecule has 0 aromatic carbocycles. The first-order valence-corrected chi connectivity index (χ1v) is 4.49. The van der Waals surface area contributed by atoms with Crippen LogP contribution in [0.25, 0.3) is 0 Å². The van der Waals surface area contributed by atoms with Crippen LogP contribution in [0.3, 0.4) is 0 Å². The summed E-state index contributed by atoms with van der Waals surface area (Å²) < 4.78 is 37.2. The van der Waals surface area contributed by atoms with Crippen molar-refractivity contribution in [3.05, 3.63) is 29.1 Å². The molecule has 86 valence electrons. The summed E-state index contributed by atoms with van der Waals surface area (Å²) >= 11 is 0. The molecule has 3 nitrogen and oxygen atoms in total. The molecule has 6 heteroatoms. The first kappa shape index (κ1) is 12.5. The highest BCUT2D eigenvalue weighted by atomic mass is 19.4. The zero-order valence-electron chi connectivity index (χ0n) is 8.41. The summed E-state index contributed by atoms with van der Waals surface area (Å²) in [6, 6.07) is 3.64. The van der Waals surface area contributed by atoms with Gasteiger partial charge < -0.3 is 5.11 Å². The number of aliphatic hydroxyl groups is 1. The van der Waals surface area contributed by atoms with Crippen molar-refractivity contribution in [2.45, 2.75) is 25.6 Å². The maximum absolute atomic E-state index is 12.4. The SMILES string of the molecule is CC(O)Cc1cc(C#N)nc(C(F)(F)F)c1. The van der Waals surface area contributed by atoms with Gasteiger partial charge in [0.15, 0.2) is 0 Å². The minimum absolute atomic E-state index is 0.0558. The molecule has 0 bridgehead atoms. The Morgan fingerprint density at radius 3 is 2.56 bits per heavy atom. The van der Waals surface area contributed by atoms with Gasteiger partial charge in [-0.15, -0.1) is 0 Å². The summed E-state index contributed by atoms with van der Waals surface area (Å²) in [7, 11) is 0. The zero-order chi connectivity index (χ0) is 12.3. The van der Waals surface area contributed by atoms with E-state index in [4.69, 9.17) is 10.4 Å². The molecular formula is C10H9F3N2O. The molecule has 1 unspecified atom stereocenters. The molecule has 1 atom stereocenters. The van der Waals surface area contributed by atoms with Crippen molar-refractivity contribution in [2.75, 3.05) is 0 Å². The maximum atomic E-state index is 12.4. The number of aliphatic hydroxyl groups excluding tert-OH is 1. The first-order chi connectivity index (χ1) is 7.32. The van der Waals surface area contributed by atoms with Crippen molar-refractivity contribution in [2.24, 2.45) is 0 Å². The smallest absolute Gasteiger partial charge is 0.393 e. The Morgan fingerprint density at radius 2 is 2.12 bits per heavy atom. The molecule has 0 spiro atoms. The Kier molecular flexibility index (Phi) is 3.50. The Labute approximate surface area is 90.2 Å². The van der Waals surface area contributed by atoms with Gasteiger partial charge in [-0.3, -0.25) is 0 Å². The van der Waals surface area contributed by atoms with Crippen molar-refractivity contribution in [1.82, 2.24) is 4.98 Å². The van der Waals surface area contributed by atoms with Gasteiger partial charge >= 0.3 is 6.18 Å². The normalized spacial score (nSPS) is 13.2. The Morgan fingerprint density at radius 1 is 1.50 bits per heavy atom. The van der Waals surface area contributed by atoms with Crippen LogP contribution in [0.4, 0.5) is 13.2 Å². The molecular weight excluding hydrogens is 221 g/mol. The minimum Gasteiger partial charge on any atom is -0.393 e. The summed E-state index contributed by atoms with van der Waals surface area (Å²) in [5.41, 5.74) is -1.17. The second-order valence-electron chi connectivity index (χ2n) is 3.41. The van der Waals surface area contributed by atoms with Crippen molar-refractivity contribution >= 4 is 0 Å². The fourth-order valence-corrected chi connectivity index (χ4v) is 1.25. The van der Waals surface area contributed by atoms with Crippen LogP contribution in [0, 0.1) is 11.3 Å². The molecule has 1 aromatic rings. The van der Waals surface area contributed by atoms with Gasteiger partial charge in [-0.25, -0.2) is 4.98 Å². The third-order valence-electron chi connectivity index (χ3n) is 1.82. The fraction of sp³-hybridized carbons (Fsp3) is 0.400. The third kappa shape index (κ3) is 3.21. The highest BCUT2D eigenvalue weighted by Crippen LogP contribution is 2.28. The number of nitriles is 1. The van der Waals surface area contributed by atoms with E-state index in [0.29, 0.717) is 0 Å². The molecule has 1 N–H and O–H groups in total. The van der Waals surface area contributed by atoms with E-state index < -0.39 is 18.0 Å². The molecule has 0 aliphatic heterocycles. The van der Waals surface area contributed by atoms with Crippen LogP contribution in [-0.2, 0) is 12.6 Å². The van der Waals surface area contributed by atoms with Gasteiger partial charge in [0.05, 0.1) is 6.10 Å². The second kappa shape index (κ2) is 4.49.